The van der Waals surface area contributed by atoms with Crippen molar-refractivity contribution in [1.82, 2.24) is 10.2 Å². The molecule has 0 N–H and O–H groups in total. The zero-order chi connectivity index (χ0) is 16.5. The molecule has 120 valence electrons. The number of ether oxygens (including phenoxy) is 1. The lowest BCUT2D eigenvalue weighted by atomic mass is 10.1. The van der Waals surface area contributed by atoms with Crippen molar-refractivity contribution in [1.29, 1.82) is 0 Å². The highest BCUT2D eigenvalue weighted by Gasteiger charge is 2.30. The SMILES string of the molecule is C[C@@H]1Cc2ccccc2N1C(=O)COc1nncc2ccccc12. The fraction of sp³-hybridized carbons (Fsp3) is 0.211. The van der Waals surface area contributed by atoms with E-state index in [0.29, 0.717) is 5.88 Å². The zero-order valence-electron chi connectivity index (χ0n) is 13.3. The van der Waals surface area contributed by atoms with Gasteiger partial charge in [0.2, 0.25) is 5.88 Å². The van der Waals surface area contributed by atoms with E-state index in [1.54, 1.807) is 6.20 Å². The number of nitrogens with zero attached hydrogens (tertiary/aromatic N) is 3. The van der Waals surface area contributed by atoms with Crippen LogP contribution in [0.4, 0.5) is 5.69 Å². The van der Waals surface area contributed by atoms with Crippen LogP contribution in [0, 0.1) is 0 Å². The molecule has 0 saturated heterocycles. The highest BCUT2D eigenvalue weighted by atomic mass is 16.5. The van der Waals surface area contributed by atoms with Crippen molar-refractivity contribution >= 4 is 22.4 Å². The summed E-state index contributed by atoms with van der Waals surface area (Å²) in [6, 6.07) is 15.8. The number of rotatable bonds is 3. The van der Waals surface area contributed by atoms with Crippen LogP contribution in [-0.4, -0.2) is 28.8 Å². The molecule has 5 heteroatoms. The second kappa shape index (κ2) is 5.92. The molecule has 4 rings (SSSR count). The topological polar surface area (TPSA) is 55.3 Å². The Bertz CT molecular complexity index is 905. The van der Waals surface area contributed by atoms with Gasteiger partial charge in [-0.25, -0.2) is 0 Å². The van der Waals surface area contributed by atoms with Crippen LogP contribution in [0.3, 0.4) is 0 Å². The molecule has 1 aliphatic rings. The van der Waals surface area contributed by atoms with Crippen LogP contribution in [-0.2, 0) is 11.2 Å². The minimum absolute atomic E-state index is 0.0542. The molecule has 24 heavy (non-hydrogen) atoms. The van der Waals surface area contributed by atoms with Crippen LogP contribution in [0.25, 0.3) is 10.8 Å². The number of aromatic nitrogens is 2. The van der Waals surface area contributed by atoms with Gasteiger partial charge >= 0.3 is 0 Å². The quantitative estimate of drug-likeness (QED) is 0.745. The summed E-state index contributed by atoms with van der Waals surface area (Å²) in [6.45, 7) is 2.00. The molecule has 0 radical (unpaired) electrons. The van der Waals surface area contributed by atoms with Crippen LogP contribution in [0.1, 0.15) is 12.5 Å². The van der Waals surface area contributed by atoms with Crippen molar-refractivity contribution in [2.75, 3.05) is 11.5 Å². The number of hydrogen-bond donors (Lipinski definition) is 0. The van der Waals surface area contributed by atoms with Gasteiger partial charge in [0, 0.05) is 22.5 Å². The average Bonchev–Trinajstić information content (AvgIpc) is 2.95. The number of carbonyl (C=O) groups is 1. The third-order valence-electron chi connectivity index (χ3n) is 4.34. The van der Waals surface area contributed by atoms with E-state index in [9.17, 15) is 4.79 Å². The number of carbonyl (C=O) groups excluding carboxylic acids is 1. The minimum Gasteiger partial charge on any atom is -0.466 e. The first kappa shape index (κ1) is 14.6. The molecular weight excluding hydrogens is 302 g/mol. The summed E-state index contributed by atoms with van der Waals surface area (Å²) in [5, 5.41) is 9.76. The normalized spacial score (nSPS) is 16.2. The average molecular weight is 319 g/mol. The molecule has 0 unspecified atom stereocenters. The standard InChI is InChI=1S/C19H17N3O2/c1-13-10-14-6-3-5-9-17(14)22(13)18(23)12-24-19-16-8-4-2-7-15(16)11-20-21-19/h2-9,11,13H,10,12H2,1H3/t13-/m1/s1. The number of anilines is 1. The summed E-state index contributed by atoms with van der Waals surface area (Å²) in [5.41, 5.74) is 2.17. The summed E-state index contributed by atoms with van der Waals surface area (Å²) in [6.07, 6.45) is 2.55. The van der Waals surface area contributed by atoms with Gasteiger partial charge in [-0.1, -0.05) is 36.4 Å². The Labute approximate surface area is 139 Å². The highest BCUT2D eigenvalue weighted by molar-refractivity contribution is 5.97. The molecule has 1 aromatic heterocycles. The Hall–Kier alpha value is -2.95. The fourth-order valence-electron chi connectivity index (χ4n) is 3.25. The van der Waals surface area contributed by atoms with Crippen LogP contribution < -0.4 is 9.64 Å². The molecule has 3 aromatic rings. The second-order valence-electron chi connectivity index (χ2n) is 5.97. The maximum absolute atomic E-state index is 12.7. The lowest BCUT2D eigenvalue weighted by Crippen LogP contribution is -2.39. The number of benzene rings is 2. The monoisotopic (exact) mass is 319 g/mol. The van der Waals surface area contributed by atoms with Gasteiger partial charge < -0.3 is 9.64 Å². The zero-order valence-corrected chi connectivity index (χ0v) is 13.3. The molecule has 5 nitrogen and oxygen atoms in total. The Morgan fingerprint density at radius 1 is 1.21 bits per heavy atom. The molecule has 0 aliphatic carbocycles. The highest BCUT2D eigenvalue weighted by Crippen LogP contribution is 2.32. The van der Waals surface area contributed by atoms with Gasteiger partial charge in [0.25, 0.3) is 5.91 Å². The molecule has 0 saturated carbocycles. The summed E-state index contributed by atoms with van der Waals surface area (Å²) < 4.78 is 5.69. The first-order valence-electron chi connectivity index (χ1n) is 7.97. The van der Waals surface area contributed by atoms with Crippen molar-refractivity contribution in [3.05, 3.63) is 60.3 Å². The maximum atomic E-state index is 12.7. The molecule has 1 amide bonds. The van der Waals surface area contributed by atoms with E-state index in [0.717, 1.165) is 22.9 Å². The van der Waals surface area contributed by atoms with Crippen LogP contribution >= 0.6 is 0 Å². The minimum atomic E-state index is -0.0674. The first-order valence-corrected chi connectivity index (χ1v) is 7.97. The Kier molecular flexibility index (Phi) is 3.61. The summed E-state index contributed by atoms with van der Waals surface area (Å²) >= 11 is 0. The molecular formula is C19H17N3O2. The van der Waals surface area contributed by atoms with Gasteiger partial charge in [-0.3, -0.25) is 4.79 Å². The van der Waals surface area contributed by atoms with Crippen molar-refractivity contribution < 1.29 is 9.53 Å². The smallest absolute Gasteiger partial charge is 0.265 e. The van der Waals surface area contributed by atoms with Gasteiger partial charge in [-0.2, -0.15) is 5.10 Å². The molecule has 0 spiro atoms. The van der Waals surface area contributed by atoms with E-state index in [2.05, 4.69) is 23.2 Å². The molecule has 0 bridgehead atoms. The number of amides is 1. The third-order valence-corrected chi connectivity index (χ3v) is 4.34. The van der Waals surface area contributed by atoms with E-state index in [-0.39, 0.29) is 18.6 Å². The largest absolute Gasteiger partial charge is 0.466 e. The van der Waals surface area contributed by atoms with Gasteiger partial charge in [0.15, 0.2) is 6.61 Å². The van der Waals surface area contributed by atoms with E-state index in [1.807, 2.05) is 47.4 Å². The van der Waals surface area contributed by atoms with E-state index in [1.165, 1.54) is 5.56 Å². The Morgan fingerprint density at radius 3 is 2.92 bits per heavy atom. The number of fused-ring (bicyclic) bond motifs is 2. The van der Waals surface area contributed by atoms with Crippen molar-refractivity contribution in [2.45, 2.75) is 19.4 Å². The molecule has 1 atom stereocenters. The molecule has 1 aliphatic heterocycles. The first-order chi connectivity index (χ1) is 11.7. The Morgan fingerprint density at radius 2 is 2.00 bits per heavy atom. The third kappa shape index (κ3) is 2.48. The van der Waals surface area contributed by atoms with Gasteiger partial charge in [-0.05, 0) is 31.0 Å². The Balaban J connectivity index is 1.55. The molecule has 2 aromatic carbocycles. The van der Waals surface area contributed by atoms with Crippen LogP contribution in [0.15, 0.2) is 54.7 Å². The molecule has 0 fully saturated rings. The van der Waals surface area contributed by atoms with Crippen LogP contribution in [0.5, 0.6) is 5.88 Å². The lowest BCUT2D eigenvalue weighted by molar-refractivity contribution is -0.120. The predicted molar refractivity (Wildman–Crippen MR) is 92.1 cm³/mol. The van der Waals surface area contributed by atoms with Crippen molar-refractivity contribution in [2.24, 2.45) is 0 Å². The van der Waals surface area contributed by atoms with Gasteiger partial charge in [0.05, 0.1) is 6.20 Å². The van der Waals surface area contributed by atoms with Crippen LogP contribution in [0.2, 0.25) is 0 Å². The summed E-state index contributed by atoms with van der Waals surface area (Å²) in [5.74, 6) is 0.323. The van der Waals surface area contributed by atoms with Gasteiger partial charge in [0.1, 0.15) is 0 Å². The van der Waals surface area contributed by atoms with Crippen molar-refractivity contribution in [3.8, 4) is 5.88 Å². The summed E-state index contributed by atoms with van der Waals surface area (Å²) in [4.78, 5) is 14.5. The number of hydrogen-bond acceptors (Lipinski definition) is 4. The van der Waals surface area contributed by atoms with E-state index < -0.39 is 0 Å². The molecule has 2 heterocycles. The van der Waals surface area contributed by atoms with Crippen molar-refractivity contribution in [3.63, 3.8) is 0 Å². The van der Waals surface area contributed by atoms with Gasteiger partial charge in [-0.15, -0.1) is 5.10 Å². The lowest BCUT2D eigenvalue weighted by Gasteiger charge is -2.22. The maximum Gasteiger partial charge on any atom is 0.265 e. The predicted octanol–water partition coefficient (Wildman–Crippen LogP) is 2.99. The summed E-state index contributed by atoms with van der Waals surface area (Å²) in [7, 11) is 0. The van der Waals surface area contributed by atoms with E-state index in [4.69, 9.17) is 4.74 Å². The second-order valence-corrected chi connectivity index (χ2v) is 5.97. The fourth-order valence-corrected chi connectivity index (χ4v) is 3.25. The number of para-hydroxylation sites is 1. The van der Waals surface area contributed by atoms with E-state index >= 15 is 0 Å².